The van der Waals surface area contributed by atoms with Gasteiger partial charge in [0.15, 0.2) is 0 Å². The highest BCUT2D eigenvalue weighted by molar-refractivity contribution is 5.79. The Bertz CT molecular complexity index is 626. The van der Waals surface area contributed by atoms with Crippen molar-refractivity contribution in [2.24, 2.45) is 11.7 Å². The van der Waals surface area contributed by atoms with Crippen LogP contribution in [-0.2, 0) is 16.1 Å². The number of rotatable bonds is 5. The van der Waals surface area contributed by atoms with E-state index in [9.17, 15) is 9.59 Å². The lowest BCUT2D eigenvalue weighted by molar-refractivity contribution is -0.134. The first-order valence-corrected chi connectivity index (χ1v) is 9.09. The van der Waals surface area contributed by atoms with E-state index in [0.717, 1.165) is 45.7 Å². The number of hydrogen-bond donors (Lipinski definition) is 1. The summed E-state index contributed by atoms with van der Waals surface area (Å²) in [5.41, 5.74) is 8.03. The molecule has 0 aliphatic carbocycles. The zero-order chi connectivity index (χ0) is 17.8. The molecular weight excluding hydrogens is 316 g/mol. The third-order valence-corrected chi connectivity index (χ3v) is 5.41. The van der Waals surface area contributed by atoms with Crippen LogP contribution >= 0.6 is 0 Å². The Morgan fingerprint density at radius 1 is 1.08 bits per heavy atom. The third-order valence-electron chi connectivity index (χ3n) is 5.41. The summed E-state index contributed by atoms with van der Waals surface area (Å²) < 4.78 is 0. The van der Waals surface area contributed by atoms with Gasteiger partial charge in [-0.25, -0.2) is 0 Å². The molecular formula is C19H28N4O2. The molecule has 6 heteroatoms. The van der Waals surface area contributed by atoms with Crippen molar-refractivity contribution in [3.05, 3.63) is 35.4 Å². The van der Waals surface area contributed by atoms with Crippen molar-refractivity contribution < 1.29 is 9.59 Å². The Morgan fingerprint density at radius 2 is 1.80 bits per heavy atom. The molecule has 2 amide bonds. The molecule has 0 bridgehead atoms. The van der Waals surface area contributed by atoms with E-state index in [0.29, 0.717) is 13.1 Å². The van der Waals surface area contributed by atoms with Gasteiger partial charge in [0, 0.05) is 39.3 Å². The Morgan fingerprint density at radius 3 is 2.44 bits per heavy atom. The van der Waals surface area contributed by atoms with Gasteiger partial charge in [-0.15, -0.1) is 0 Å². The molecule has 1 aromatic carbocycles. The van der Waals surface area contributed by atoms with Gasteiger partial charge in [-0.1, -0.05) is 24.3 Å². The highest BCUT2D eigenvalue weighted by atomic mass is 16.2. The summed E-state index contributed by atoms with van der Waals surface area (Å²) >= 11 is 0. The normalized spacial score (nSPS) is 22.3. The quantitative estimate of drug-likeness (QED) is 0.842. The predicted molar refractivity (Wildman–Crippen MR) is 96.8 cm³/mol. The molecule has 2 heterocycles. The number of benzene rings is 1. The average Bonchev–Trinajstić information content (AvgIpc) is 3.06. The van der Waals surface area contributed by atoms with E-state index in [1.807, 2.05) is 4.90 Å². The van der Waals surface area contributed by atoms with Gasteiger partial charge in [0.2, 0.25) is 11.8 Å². The summed E-state index contributed by atoms with van der Waals surface area (Å²) in [6, 6.07) is 8.47. The van der Waals surface area contributed by atoms with Crippen LogP contribution < -0.4 is 5.73 Å². The standard InChI is InChI=1S/C19H28N4O2/c1-15-4-2-3-5-16(15)12-21-8-10-23(11-9-21)18(24)14-22-7-6-17(13-22)19(20)25/h2-5,17H,6-14H2,1H3,(H2,20,25)/t17-/m1/s1. The maximum absolute atomic E-state index is 12.5. The molecule has 2 aliphatic heterocycles. The number of piperazine rings is 1. The number of aryl methyl sites for hydroxylation is 1. The topological polar surface area (TPSA) is 69.9 Å². The number of nitrogens with zero attached hydrogens (tertiary/aromatic N) is 3. The van der Waals surface area contributed by atoms with Crippen molar-refractivity contribution in [3.63, 3.8) is 0 Å². The van der Waals surface area contributed by atoms with Gasteiger partial charge in [-0.2, -0.15) is 0 Å². The first kappa shape index (κ1) is 17.9. The van der Waals surface area contributed by atoms with E-state index in [2.05, 4.69) is 41.0 Å². The molecule has 2 N–H and O–H groups in total. The molecule has 0 spiro atoms. The Labute approximate surface area is 149 Å². The molecule has 2 aliphatic rings. The summed E-state index contributed by atoms with van der Waals surface area (Å²) in [6.45, 7) is 8.26. The summed E-state index contributed by atoms with van der Waals surface area (Å²) in [4.78, 5) is 30.1. The number of likely N-dealkylation sites (tertiary alicyclic amines) is 1. The summed E-state index contributed by atoms with van der Waals surface area (Å²) in [7, 11) is 0. The van der Waals surface area contributed by atoms with Crippen LogP contribution in [0.15, 0.2) is 24.3 Å². The molecule has 0 saturated carbocycles. The minimum atomic E-state index is -0.250. The van der Waals surface area contributed by atoms with Crippen LogP contribution in [0.5, 0.6) is 0 Å². The lowest BCUT2D eigenvalue weighted by Crippen LogP contribution is -2.50. The Hall–Kier alpha value is -1.92. The molecule has 3 rings (SSSR count). The molecule has 0 radical (unpaired) electrons. The fourth-order valence-corrected chi connectivity index (χ4v) is 3.68. The molecule has 6 nitrogen and oxygen atoms in total. The number of primary amides is 1. The molecule has 2 saturated heterocycles. The van der Waals surface area contributed by atoms with Crippen LogP contribution in [0.3, 0.4) is 0 Å². The van der Waals surface area contributed by atoms with Gasteiger partial charge in [-0.3, -0.25) is 19.4 Å². The third kappa shape index (κ3) is 4.58. The van der Waals surface area contributed by atoms with E-state index < -0.39 is 0 Å². The number of hydrogen-bond acceptors (Lipinski definition) is 4. The van der Waals surface area contributed by atoms with Crippen molar-refractivity contribution in [1.29, 1.82) is 0 Å². The van der Waals surface area contributed by atoms with Crippen LogP contribution in [0, 0.1) is 12.8 Å². The minimum Gasteiger partial charge on any atom is -0.369 e. The van der Waals surface area contributed by atoms with Crippen LogP contribution in [0.2, 0.25) is 0 Å². The van der Waals surface area contributed by atoms with E-state index in [4.69, 9.17) is 5.73 Å². The summed E-state index contributed by atoms with van der Waals surface area (Å²) in [5.74, 6) is -0.181. The smallest absolute Gasteiger partial charge is 0.236 e. The maximum atomic E-state index is 12.5. The first-order valence-electron chi connectivity index (χ1n) is 9.09. The van der Waals surface area contributed by atoms with Crippen LogP contribution in [-0.4, -0.2) is 72.3 Å². The van der Waals surface area contributed by atoms with Gasteiger partial charge >= 0.3 is 0 Å². The number of carbonyl (C=O) groups is 2. The van der Waals surface area contributed by atoms with Crippen molar-refractivity contribution in [1.82, 2.24) is 14.7 Å². The second-order valence-electron chi connectivity index (χ2n) is 7.21. The Balaban J connectivity index is 1.43. The second kappa shape index (κ2) is 7.97. The Kier molecular flexibility index (Phi) is 5.71. The first-order chi connectivity index (χ1) is 12.0. The lowest BCUT2D eigenvalue weighted by Gasteiger charge is -2.35. The van der Waals surface area contributed by atoms with E-state index in [-0.39, 0.29) is 17.7 Å². The fourth-order valence-electron chi connectivity index (χ4n) is 3.68. The van der Waals surface area contributed by atoms with Crippen molar-refractivity contribution in [3.8, 4) is 0 Å². The van der Waals surface area contributed by atoms with Crippen molar-refractivity contribution in [2.75, 3.05) is 45.8 Å². The molecule has 136 valence electrons. The summed E-state index contributed by atoms with van der Waals surface area (Å²) in [5, 5.41) is 0. The lowest BCUT2D eigenvalue weighted by atomic mass is 10.1. The average molecular weight is 344 g/mol. The number of carbonyl (C=O) groups excluding carboxylic acids is 2. The zero-order valence-corrected chi connectivity index (χ0v) is 15.0. The van der Waals surface area contributed by atoms with Gasteiger partial charge in [0.25, 0.3) is 0 Å². The minimum absolute atomic E-state index is 0.0984. The van der Waals surface area contributed by atoms with Gasteiger partial charge in [-0.05, 0) is 31.0 Å². The van der Waals surface area contributed by atoms with Gasteiger partial charge < -0.3 is 10.6 Å². The molecule has 0 aromatic heterocycles. The SMILES string of the molecule is Cc1ccccc1CN1CCN(C(=O)CN2CC[C@@H](C(N)=O)C2)CC1. The van der Waals surface area contributed by atoms with Crippen LogP contribution in [0.4, 0.5) is 0 Å². The van der Waals surface area contributed by atoms with E-state index in [1.165, 1.54) is 11.1 Å². The monoisotopic (exact) mass is 344 g/mol. The van der Waals surface area contributed by atoms with Crippen LogP contribution in [0.25, 0.3) is 0 Å². The van der Waals surface area contributed by atoms with E-state index in [1.54, 1.807) is 0 Å². The molecule has 0 unspecified atom stereocenters. The zero-order valence-electron chi connectivity index (χ0n) is 15.0. The van der Waals surface area contributed by atoms with Crippen LogP contribution in [0.1, 0.15) is 17.5 Å². The summed E-state index contributed by atoms with van der Waals surface area (Å²) in [6.07, 6.45) is 0.771. The van der Waals surface area contributed by atoms with E-state index >= 15 is 0 Å². The number of amides is 2. The molecule has 1 aromatic rings. The number of nitrogens with two attached hydrogens (primary N) is 1. The second-order valence-corrected chi connectivity index (χ2v) is 7.21. The highest BCUT2D eigenvalue weighted by Crippen LogP contribution is 2.16. The predicted octanol–water partition coefficient (Wildman–Crippen LogP) is 0.446. The highest BCUT2D eigenvalue weighted by Gasteiger charge is 2.29. The van der Waals surface area contributed by atoms with Gasteiger partial charge in [0.1, 0.15) is 0 Å². The van der Waals surface area contributed by atoms with Gasteiger partial charge in [0.05, 0.1) is 12.5 Å². The van der Waals surface area contributed by atoms with Crippen molar-refractivity contribution in [2.45, 2.75) is 19.9 Å². The largest absolute Gasteiger partial charge is 0.369 e. The molecule has 25 heavy (non-hydrogen) atoms. The molecule has 2 fully saturated rings. The fraction of sp³-hybridized carbons (Fsp3) is 0.579. The molecule has 1 atom stereocenters. The van der Waals surface area contributed by atoms with Crippen molar-refractivity contribution >= 4 is 11.8 Å². The maximum Gasteiger partial charge on any atom is 0.236 e.